The number of hydrogen-bond acceptors (Lipinski definition) is 6. The second-order valence-corrected chi connectivity index (χ2v) is 11.9. The van der Waals surface area contributed by atoms with Crippen LogP contribution in [0.5, 0.6) is 5.75 Å². The number of sulfonamides is 1. The van der Waals surface area contributed by atoms with Gasteiger partial charge < -0.3 is 5.11 Å². The summed E-state index contributed by atoms with van der Waals surface area (Å²) < 4.78 is 29.1. The van der Waals surface area contributed by atoms with E-state index >= 15 is 0 Å². The van der Waals surface area contributed by atoms with Gasteiger partial charge in [-0.3, -0.25) is 9.71 Å². The SMILES string of the molecule is O=S(=O)(Cc1ccc(Cl)s1)Nc1cc(Sc2cccc3cccnc23)c(O)c2ccccc12. The third-order valence-electron chi connectivity index (χ3n) is 5.02. The van der Waals surface area contributed by atoms with Gasteiger partial charge in [-0.15, -0.1) is 11.3 Å². The van der Waals surface area contributed by atoms with Gasteiger partial charge in [-0.05, 0) is 30.3 Å². The number of fused-ring (bicyclic) bond motifs is 2. The number of rotatable bonds is 6. The number of para-hydroxylation sites is 1. The van der Waals surface area contributed by atoms with Crippen LogP contribution in [0.4, 0.5) is 5.69 Å². The number of halogens is 1. The van der Waals surface area contributed by atoms with Gasteiger partial charge in [0.05, 0.1) is 20.4 Å². The molecular formula is C24H17ClN2O3S3. The van der Waals surface area contributed by atoms with Crippen LogP contribution in [0.1, 0.15) is 4.88 Å². The molecule has 0 atom stereocenters. The van der Waals surface area contributed by atoms with Crippen molar-refractivity contribution in [3.63, 3.8) is 0 Å². The minimum atomic E-state index is -3.70. The summed E-state index contributed by atoms with van der Waals surface area (Å²) in [5.41, 5.74) is 1.22. The van der Waals surface area contributed by atoms with E-state index in [0.717, 1.165) is 15.8 Å². The number of thiophene rings is 1. The van der Waals surface area contributed by atoms with Crippen molar-refractivity contribution in [1.29, 1.82) is 0 Å². The van der Waals surface area contributed by atoms with Crippen LogP contribution in [0.15, 0.2) is 88.8 Å². The zero-order valence-electron chi connectivity index (χ0n) is 17.0. The van der Waals surface area contributed by atoms with E-state index in [1.54, 1.807) is 42.6 Å². The number of pyridine rings is 1. The molecule has 0 saturated carbocycles. The number of hydrogen-bond donors (Lipinski definition) is 2. The van der Waals surface area contributed by atoms with Gasteiger partial charge in [-0.2, -0.15) is 0 Å². The summed E-state index contributed by atoms with van der Waals surface area (Å²) >= 11 is 8.53. The number of anilines is 1. The predicted molar refractivity (Wildman–Crippen MR) is 137 cm³/mol. The largest absolute Gasteiger partial charge is 0.506 e. The second-order valence-electron chi connectivity index (χ2n) is 7.32. The van der Waals surface area contributed by atoms with E-state index in [0.29, 0.717) is 30.6 Å². The van der Waals surface area contributed by atoms with E-state index in [1.807, 2.05) is 36.4 Å². The van der Waals surface area contributed by atoms with Crippen molar-refractivity contribution in [2.24, 2.45) is 0 Å². The maximum absolute atomic E-state index is 12.9. The summed E-state index contributed by atoms with van der Waals surface area (Å²) in [6, 6.07) is 21.9. The molecule has 0 amide bonds. The number of benzene rings is 3. The molecule has 0 radical (unpaired) electrons. The summed E-state index contributed by atoms with van der Waals surface area (Å²) in [4.78, 5) is 6.51. The average Bonchev–Trinajstić information content (AvgIpc) is 3.20. The number of phenolic OH excluding ortho intramolecular Hbond substituents is 1. The smallest absolute Gasteiger partial charge is 0.237 e. The molecule has 0 fully saturated rings. The van der Waals surface area contributed by atoms with Gasteiger partial charge in [-0.1, -0.05) is 65.8 Å². The molecule has 5 rings (SSSR count). The van der Waals surface area contributed by atoms with Crippen LogP contribution in [0, 0.1) is 0 Å². The highest BCUT2D eigenvalue weighted by Crippen LogP contribution is 2.44. The van der Waals surface area contributed by atoms with Crippen LogP contribution in [0.3, 0.4) is 0 Å². The van der Waals surface area contributed by atoms with Crippen LogP contribution in [0.2, 0.25) is 4.34 Å². The van der Waals surface area contributed by atoms with Crippen molar-refractivity contribution in [3.05, 3.63) is 88.2 Å². The zero-order chi connectivity index (χ0) is 23.0. The topological polar surface area (TPSA) is 79.3 Å². The van der Waals surface area contributed by atoms with Gasteiger partial charge in [0.15, 0.2) is 0 Å². The number of aromatic hydroxyl groups is 1. The predicted octanol–water partition coefficient (Wildman–Crippen LogP) is 6.90. The molecule has 2 heterocycles. The Kier molecular flexibility index (Phi) is 5.92. The lowest BCUT2D eigenvalue weighted by Gasteiger charge is -2.15. The van der Waals surface area contributed by atoms with Crippen LogP contribution < -0.4 is 4.72 Å². The summed E-state index contributed by atoms with van der Waals surface area (Å²) in [5.74, 6) is -0.0912. The Morgan fingerprint density at radius 3 is 2.55 bits per heavy atom. The van der Waals surface area contributed by atoms with Crippen molar-refractivity contribution in [2.75, 3.05) is 4.72 Å². The standard InChI is InChI=1S/C24H17ClN2O3S3/c25-22-11-10-16(31-22)14-33(29,30)27-19-13-21(24(28)18-8-2-1-7-17(18)19)32-20-9-3-5-15-6-4-12-26-23(15)20/h1-13,27-28H,14H2. The quantitative estimate of drug-likeness (QED) is 0.242. The minimum Gasteiger partial charge on any atom is -0.506 e. The summed E-state index contributed by atoms with van der Waals surface area (Å²) in [7, 11) is -3.70. The lowest BCUT2D eigenvalue weighted by atomic mass is 10.1. The van der Waals surface area contributed by atoms with Gasteiger partial charge in [0.2, 0.25) is 10.0 Å². The first-order valence-corrected chi connectivity index (χ1v) is 13.6. The highest BCUT2D eigenvalue weighted by atomic mass is 35.5. The van der Waals surface area contributed by atoms with Gasteiger partial charge in [0.25, 0.3) is 0 Å². The van der Waals surface area contributed by atoms with Crippen molar-refractivity contribution in [3.8, 4) is 5.75 Å². The highest BCUT2D eigenvalue weighted by Gasteiger charge is 2.19. The van der Waals surface area contributed by atoms with Crippen LogP contribution in [-0.2, 0) is 15.8 Å². The molecule has 0 spiro atoms. The normalized spacial score (nSPS) is 11.8. The van der Waals surface area contributed by atoms with E-state index < -0.39 is 10.0 Å². The van der Waals surface area contributed by atoms with Gasteiger partial charge in [0.1, 0.15) is 11.5 Å². The third kappa shape index (κ3) is 4.65. The van der Waals surface area contributed by atoms with Crippen LogP contribution >= 0.6 is 34.7 Å². The Morgan fingerprint density at radius 2 is 1.76 bits per heavy atom. The van der Waals surface area contributed by atoms with E-state index in [1.165, 1.54) is 23.1 Å². The average molecular weight is 513 g/mol. The molecule has 0 aliphatic heterocycles. The number of nitrogens with zero attached hydrogens (tertiary/aromatic N) is 1. The summed E-state index contributed by atoms with van der Waals surface area (Å²) in [6.45, 7) is 0. The molecule has 9 heteroatoms. The van der Waals surface area contributed by atoms with Gasteiger partial charge in [-0.25, -0.2) is 8.42 Å². The van der Waals surface area contributed by atoms with E-state index in [-0.39, 0.29) is 11.5 Å². The monoisotopic (exact) mass is 512 g/mol. The van der Waals surface area contributed by atoms with Crippen molar-refractivity contribution in [2.45, 2.75) is 15.5 Å². The third-order valence-corrected chi connectivity index (χ3v) is 8.74. The first-order chi connectivity index (χ1) is 15.9. The van der Waals surface area contributed by atoms with E-state index in [2.05, 4.69) is 9.71 Å². The Labute approximate surface area is 204 Å². The number of phenols is 1. The molecule has 166 valence electrons. The Hall–Kier alpha value is -2.78. The number of nitrogens with one attached hydrogen (secondary N) is 1. The first-order valence-electron chi connectivity index (χ1n) is 9.91. The molecule has 5 aromatic rings. The fourth-order valence-corrected chi connectivity index (χ4v) is 7.26. The number of aromatic nitrogens is 1. The molecule has 2 N–H and O–H groups in total. The van der Waals surface area contributed by atoms with Gasteiger partial charge >= 0.3 is 0 Å². The summed E-state index contributed by atoms with van der Waals surface area (Å²) in [6.07, 6.45) is 1.73. The molecule has 2 aromatic heterocycles. The molecule has 0 aliphatic rings. The van der Waals surface area contributed by atoms with Crippen molar-refractivity contribution < 1.29 is 13.5 Å². The fourth-order valence-electron chi connectivity index (χ4n) is 3.59. The van der Waals surface area contributed by atoms with Crippen LogP contribution in [0.25, 0.3) is 21.7 Å². The van der Waals surface area contributed by atoms with Crippen molar-refractivity contribution >= 4 is 72.1 Å². The molecule has 5 nitrogen and oxygen atoms in total. The lowest BCUT2D eigenvalue weighted by Crippen LogP contribution is -2.14. The zero-order valence-corrected chi connectivity index (χ0v) is 20.2. The minimum absolute atomic E-state index is 0.0940. The molecule has 33 heavy (non-hydrogen) atoms. The first kappa shape index (κ1) is 22.0. The van der Waals surface area contributed by atoms with E-state index in [4.69, 9.17) is 11.6 Å². The molecule has 3 aromatic carbocycles. The molecule has 0 unspecified atom stereocenters. The Balaban J connectivity index is 1.57. The lowest BCUT2D eigenvalue weighted by molar-refractivity contribution is 0.469. The maximum atomic E-state index is 12.9. The second kappa shape index (κ2) is 8.87. The Bertz CT molecular complexity index is 1590. The Morgan fingerprint density at radius 1 is 0.970 bits per heavy atom. The molecular weight excluding hydrogens is 496 g/mol. The molecule has 0 bridgehead atoms. The highest BCUT2D eigenvalue weighted by molar-refractivity contribution is 7.99. The fraction of sp³-hybridized carbons (Fsp3) is 0.0417. The van der Waals surface area contributed by atoms with Crippen molar-refractivity contribution in [1.82, 2.24) is 4.98 Å². The summed E-state index contributed by atoms with van der Waals surface area (Å²) in [5, 5.41) is 13.2. The maximum Gasteiger partial charge on any atom is 0.237 e. The van der Waals surface area contributed by atoms with Crippen LogP contribution in [-0.4, -0.2) is 18.5 Å². The van der Waals surface area contributed by atoms with E-state index in [9.17, 15) is 13.5 Å². The van der Waals surface area contributed by atoms with Gasteiger partial charge in [0, 0.05) is 32.1 Å². The molecule has 0 saturated heterocycles. The molecule has 0 aliphatic carbocycles.